The summed E-state index contributed by atoms with van der Waals surface area (Å²) < 4.78 is 0. The Balaban J connectivity index is 2.48. The van der Waals surface area contributed by atoms with Crippen molar-refractivity contribution in [1.29, 1.82) is 0 Å². The Hall–Kier alpha value is -1.92. The first-order valence-electron chi connectivity index (χ1n) is 6.89. The summed E-state index contributed by atoms with van der Waals surface area (Å²) in [5.41, 5.74) is 0.854. The molecular weight excluding hydrogens is 276 g/mol. The van der Waals surface area contributed by atoms with Gasteiger partial charge in [-0.15, -0.1) is 0 Å². The van der Waals surface area contributed by atoms with Gasteiger partial charge in [-0.25, -0.2) is 4.79 Å². The maximum absolute atomic E-state index is 11.8. The van der Waals surface area contributed by atoms with E-state index in [1.54, 1.807) is 0 Å². The second-order valence-electron chi connectivity index (χ2n) is 4.63. The SMILES string of the molecule is CCCCOOOC(=O)C(CC(=O)O)Cc1ccccc1. The maximum atomic E-state index is 11.8. The average Bonchev–Trinajstić information content (AvgIpc) is 2.47. The fourth-order valence-corrected chi connectivity index (χ4v) is 1.71. The van der Waals surface area contributed by atoms with E-state index in [4.69, 9.17) is 5.11 Å². The van der Waals surface area contributed by atoms with Crippen LogP contribution in [0.15, 0.2) is 30.3 Å². The van der Waals surface area contributed by atoms with E-state index in [1.165, 1.54) is 0 Å². The molecule has 1 rings (SSSR count). The van der Waals surface area contributed by atoms with Gasteiger partial charge in [-0.3, -0.25) is 9.68 Å². The first-order chi connectivity index (χ1) is 10.1. The van der Waals surface area contributed by atoms with Gasteiger partial charge in [0, 0.05) is 0 Å². The lowest BCUT2D eigenvalue weighted by Gasteiger charge is -2.12. The van der Waals surface area contributed by atoms with Gasteiger partial charge >= 0.3 is 11.9 Å². The van der Waals surface area contributed by atoms with Crippen molar-refractivity contribution in [3.05, 3.63) is 35.9 Å². The summed E-state index contributed by atoms with van der Waals surface area (Å²) in [6.07, 6.45) is 1.64. The highest BCUT2D eigenvalue weighted by Crippen LogP contribution is 2.14. The van der Waals surface area contributed by atoms with Crippen LogP contribution in [0, 0.1) is 5.92 Å². The Morgan fingerprint density at radius 2 is 1.95 bits per heavy atom. The number of carboxylic acid groups (broad SMARTS) is 1. The van der Waals surface area contributed by atoms with Crippen molar-refractivity contribution in [2.75, 3.05) is 6.61 Å². The number of carbonyl (C=O) groups is 2. The molecule has 0 saturated heterocycles. The number of benzene rings is 1. The van der Waals surface area contributed by atoms with Gasteiger partial charge in [-0.05, 0) is 23.4 Å². The predicted molar refractivity (Wildman–Crippen MR) is 73.9 cm³/mol. The number of hydrogen-bond acceptors (Lipinski definition) is 5. The van der Waals surface area contributed by atoms with Crippen molar-refractivity contribution < 1.29 is 29.5 Å². The molecule has 21 heavy (non-hydrogen) atoms. The number of aliphatic carboxylic acids is 1. The van der Waals surface area contributed by atoms with E-state index < -0.39 is 17.9 Å². The van der Waals surface area contributed by atoms with E-state index in [2.05, 4.69) is 14.8 Å². The third-order valence-electron chi connectivity index (χ3n) is 2.82. The molecular formula is C15H20O6. The first kappa shape index (κ1) is 17.1. The number of carbonyl (C=O) groups excluding carboxylic acids is 1. The third kappa shape index (κ3) is 7.43. The Labute approximate surface area is 123 Å². The molecule has 0 saturated carbocycles. The Morgan fingerprint density at radius 3 is 2.57 bits per heavy atom. The van der Waals surface area contributed by atoms with E-state index >= 15 is 0 Å². The summed E-state index contributed by atoms with van der Waals surface area (Å²) >= 11 is 0. The minimum Gasteiger partial charge on any atom is -0.481 e. The second kappa shape index (κ2) is 9.90. The predicted octanol–water partition coefficient (Wildman–Crippen LogP) is 2.53. The van der Waals surface area contributed by atoms with Crippen LogP contribution in [0.4, 0.5) is 0 Å². The number of hydrogen-bond donors (Lipinski definition) is 1. The van der Waals surface area contributed by atoms with Crippen molar-refractivity contribution >= 4 is 11.9 Å². The molecule has 1 atom stereocenters. The van der Waals surface area contributed by atoms with Crippen molar-refractivity contribution in [3.63, 3.8) is 0 Å². The number of unbranched alkanes of at least 4 members (excludes halogenated alkanes) is 1. The van der Waals surface area contributed by atoms with Crippen LogP contribution in [0.1, 0.15) is 31.7 Å². The van der Waals surface area contributed by atoms with E-state index in [0.29, 0.717) is 6.61 Å². The average molecular weight is 296 g/mol. The highest BCUT2D eigenvalue weighted by Gasteiger charge is 2.25. The minimum absolute atomic E-state index is 0.268. The summed E-state index contributed by atoms with van der Waals surface area (Å²) in [4.78, 5) is 31.8. The Morgan fingerprint density at radius 1 is 1.24 bits per heavy atom. The molecule has 1 aromatic rings. The smallest absolute Gasteiger partial charge is 0.349 e. The zero-order chi connectivity index (χ0) is 15.5. The lowest BCUT2D eigenvalue weighted by atomic mass is 9.96. The molecule has 116 valence electrons. The zero-order valence-corrected chi connectivity index (χ0v) is 12.0. The lowest BCUT2D eigenvalue weighted by Crippen LogP contribution is -2.23. The van der Waals surface area contributed by atoms with Crippen LogP contribution in [0.3, 0.4) is 0 Å². The van der Waals surface area contributed by atoms with Gasteiger partial charge < -0.3 is 5.11 Å². The molecule has 6 heteroatoms. The van der Waals surface area contributed by atoms with E-state index in [1.807, 2.05) is 37.3 Å². The number of carboxylic acids is 1. The second-order valence-corrected chi connectivity index (χ2v) is 4.63. The minimum atomic E-state index is -1.07. The molecule has 0 fully saturated rings. The molecule has 6 nitrogen and oxygen atoms in total. The van der Waals surface area contributed by atoms with E-state index in [9.17, 15) is 9.59 Å². The van der Waals surface area contributed by atoms with Crippen LogP contribution in [-0.2, 0) is 30.8 Å². The highest BCUT2D eigenvalue weighted by atomic mass is 17.5. The lowest BCUT2D eigenvalue weighted by molar-refractivity contribution is -0.487. The van der Waals surface area contributed by atoms with E-state index in [-0.39, 0.29) is 12.8 Å². The maximum Gasteiger partial charge on any atom is 0.349 e. The molecule has 0 aliphatic heterocycles. The molecule has 0 heterocycles. The molecule has 1 aromatic carbocycles. The van der Waals surface area contributed by atoms with Crippen LogP contribution >= 0.6 is 0 Å². The quantitative estimate of drug-likeness (QED) is 0.406. The van der Waals surface area contributed by atoms with Gasteiger partial charge in [-0.2, -0.15) is 4.89 Å². The van der Waals surface area contributed by atoms with Crippen molar-refractivity contribution in [2.45, 2.75) is 32.6 Å². The van der Waals surface area contributed by atoms with Gasteiger partial charge in [0.1, 0.15) is 0 Å². The summed E-state index contributed by atoms with van der Waals surface area (Å²) in [7, 11) is 0. The molecule has 0 aliphatic rings. The number of rotatable bonds is 10. The zero-order valence-electron chi connectivity index (χ0n) is 12.0. The molecule has 0 radical (unpaired) electrons. The van der Waals surface area contributed by atoms with Crippen molar-refractivity contribution in [3.8, 4) is 0 Å². The van der Waals surface area contributed by atoms with Crippen LogP contribution in [0.25, 0.3) is 0 Å². The molecule has 1 N–H and O–H groups in total. The van der Waals surface area contributed by atoms with Gasteiger partial charge in [0.15, 0.2) is 0 Å². The fraction of sp³-hybridized carbons (Fsp3) is 0.467. The van der Waals surface area contributed by atoms with Crippen LogP contribution in [-0.4, -0.2) is 23.7 Å². The summed E-state index contributed by atoms with van der Waals surface area (Å²) in [5.74, 6) is -2.64. The van der Waals surface area contributed by atoms with Gasteiger partial charge in [-0.1, -0.05) is 43.7 Å². The molecule has 0 spiro atoms. The normalized spacial score (nSPS) is 11.9. The van der Waals surface area contributed by atoms with E-state index in [0.717, 1.165) is 18.4 Å². The largest absolute Gasteiger partial charge is 0.481 e. The monoisotopic (exact) mass is 296 g/mol. The van der Waals surface area contributed by atoms with Crippen LogP contribution in [0.2, 0.25) is 0 Å². The standard InChI is InChI=1S/C15H20O6/c1-2-3-9-19-21-20-15(18)13(11-14(16)17)10-12-7-5-4-6-8-12/h4-8,13H,2-3,9-11H2,1H3,(H,16,17). The topological polar surface area (TPSA) is 82.1 Å². The van der Waals surface area contributed by atoms with Crippen LogP contribution < -0.4 is 0 Å². The molecule has 1 unspecified atom stereocenters. The van der Waals surface area contributed by atoms with Gasteiger partial charge in [0.05, 0.1) is 18.9 Å². The Kier molecular flexibility index (Phi) is 8.08. The molecule has 0 bridgehead atoms. The summed E-state index contributed by atoms with van der Waals surface area (Å²) in [5, 5.41) is 13.2. The van der Waals surface area contributed by atoms with Gasteiger partial charge in [0.25, 0.3) is 0 Å². The van der Waals surface area contributed by atoms with Crippen molar-refractivity contribution in [2.24, 2.45) is 5.92 Å². The Bertz CT molecular complexity index is 431. The van der Waals surface area contributed by atoms with Gasteiger partial charge in [0.2, 0.25) is 0 Å². The van der Waals surface area contributed by atoms with Crippen LogP contribution in [0.5, 0.6) is 0 Å². The summed E-state index contributed by atoms with van der Waals surface area (Å²) in [6.45, 7) is 2.30. The third-order valence-corrected chi connectivity index (χ3v) is 2.82. The molecule has 0 aliphatic carbocycles. The molecule has 0 amide bonds. The fourth-order valence-electron chi connectivity index (χ4n) is 1.71. The van der Waals surface area contributed by atoms with Crippen molar-refractivity contribution in [1.82, 2.24) is 0 Å². The molecule has 0 aromatic heterocycles. The first-order valence-corrected chi connectivity index (χ1v) is 6.89. The summed E-state index contributed by atoms with van der Waals surface area (Å²) in [6, 6.07) is 9.13. The highest BCUT2D eigenvalue weighted by molar-refractivity contribution is 5.79.